The summed E-state index contributed by atoms with van der Waals surface area (Å²) in [5, 5.41) is 35.6. The van der Waals surface area contributed by atoms with Crippen LogP contribution in [0.15, 0.2) is 82.6 Å². The van der Waals surface area contributed by atoms with E-state index in [2.05, 4.69) is 25.9 Å². The minimum absolute atomic E-state index is 0.00147. The third-order valence-electron chi connectivity index (χ3n) is 5.80. The van der Waals surface area contributed by atoms with Crippen molar-refractivity contribution in [1.29, 1.82) is 0 Å². The average molecular weight is 571 g/mol. The molecule has 0 aliphatic rings. The highest BCUT2D eigenvalue weighted by Crippen LogP contribution is 2.23. The summed E-state index contributed by atoms with van der Waals surface area (Å²) in [5.41, 5.74) is 1.42. The Morgan fingerprint density at radius 1 is 1.03 bits per heavy atom. The normalized spacial score (nSPS) is 12.1. The van der Waals surface area contributed by atoms with E-state index < -0.39 is 27.9 Å². The number of H-pyrrole nitrogens is 1. The van der Waals surface area contributed by atoms with Gasteiger partial charge in [0, 0.05) is 17.1 Å². The molecule has 0 aliphatic heterocycles. The van der Waals surface area contributed by atoms with Crippen molar-refractivity contribution in [3.05, 3.63) is 94.5 Å². The monoisotopic (exact) mass is 570 g/mol. The van der Waals surface area contributed by atoms with Gasteiger partial charge in [0.1, 0.15) is 0 Å². The van der Waals surface area contributed by atoms with Crippen LogP contribution in [0.1, 0.15) is 27.6 Å². The van der Waals surface area contributed by atoms with Gasteiger partial charge in [-0.05, 0) is 71.3 Å². The number of anilines is 1. The summed E-state index contributed by atoms with van der Waals surface area (Å²) >= 11 is 5.95. The lowest BCUT2D eigenvalue weighted by Crippen LogP contribution is -2.35. The molecule has 2 amide bonds. The van der Waals surface area contributed by atoms with E-state index in [1.165, 1.54) is 36.4 Å². The Bertz CT molecular complexity index is 1550. The van der Waals surface area contributed by atoms with Crippen molar-refractivity contribution in [3.63, 3.8) is 0 Å². The molecule has 14 heteroatoms. The fourth-order valence-electron chi connectivity index (χ4n) is 3.70. The quantitative estimate of drug-likeness (QED) is 0.223. The van der Waals surface area contributed by atoms with Gasteiger partial charge in [-0.3, -0.25) is 10.1 Å². The molecule has 3 aromatic carbocycles. The molecule has 4 aromatic rings. The predicted octanol–water partition coefficient (Wildman–Crippen LogP) is 3.19. The highest BCUT2D eigenvalue weighted by molar-refractivity contribution is 7.91. The number of rotatable bonds is 10. The number of carbonyl (C=O) groups excluding carboxylic acids is 1. The van der Waals surface area contributed by atoms with E-state index in [9.17, 15) is 28.2 Å². The number of sulfone groups is 1. The van der Waals surface area contributed by atoms with Gasteiger partial charge in [-0.2, -0.15) is 5.21 Å². The zero-order chi connectivity index (χ0) is 28.0. The fraction of sp³-hybridized carbons (Fsp3) is 0.160. The first-order valence-corrected chi connectivity index (χ1v) is 13.4. The number of nitrogens with zero attached hydrogens (tertiary/aromatic N) is 4. The molecule has 0 aliphatic carbocycles. The third kappa shape index (κ3) is 6.96. The van der Waals surface area contributed by atoms with Gasteiger partial charge in [-0.15, -0.1) is 5.10 Å². The fourth-order valence-corrected chi connectivity index (χ4v) is 5.16. The number of hydrogen-bond donors (Lipinski definition) is 4. The van der Waals surface area contributed by atoms with Gasteiger partial charge >= 0.3 is 6.09 Å². The summed E-state index contributed by atoms with van der Waals surface area (Å²) in [6, 6.07) is 18.0. The van der Waals surface area contributed by atoms with E-state index >= 15 is 0 Å². The van der Waals surface area contributed by atoms with E-state index in [1.54, 1.807) is 36.4 Å². The Kier molecular flexibility index (Phi) is 8.54. The summed E-state index contributed by atoms with van der Waals surface area (Å²) in [5.74, 6) is -0.541. The van der Waals surface area contributed by atoms with Gasteiger partial charge in [0.2, 0.25) is 9.84 Å². The number of hydrogen-bond acceptors (Lipinski definition) is 8. The molecule has 0 saturated heterocycles. The summed E-state index contributed by atoms with van der Waals surface area (Å²) in [4.78, 5) is 25.1. The molecule has 0 bridgehead atoms. The molecular weight excluding hydrogens is 548 g/mol. The molecule has 4 N–H and O–H groups in total. The largest absolute Gasteiger partial charge is 0.465 e. The Balaban J connectivity index is 1.38. The van der Waals surface area contributed by atoms with Crippen molar-refractivity contribution >= 4 is 39.4 Å². The number of carboxylic acid groups (broad SMARTS) is 1. The lowest BCUT2D eigenvalue weighted by atomic mass is 10.1. The van der Waals surface area contributed by atoms with Crippen LogP contribution in [-0.4, -0.2) is 69.2 Å². The van der Waals surface area contributed by atoms with Gasteiger partial charge in [0.15, 0.2) is 0 Å². The number of halogens is 1. The highest BCUT2D eigenvalue weighted by atomic mass is 35.5. The van der Waals surface area contributed by atoms with Crippen molar-refractivity contribution in [1.82, 2.24) is 25.5 Å². The van der Waals surface area contributed by atoms with Crippen LogP contribution in [0.3, 0.4) is 0 Å². The maximum absolute atomic E-state index is 13.1. The number of benzene rings is 3. The van der Waals surface area contributed by atoms with Crippen LogP contribution < -0.4 is 5.32 Å². The molecule has 1 atom stereocenters. The van der Waals surface area contributed by atoms with E-state index in [4.69, 9.17) is 11.6 Å². The van der Waals surface area contributed by atoms with Crippen LogP contribution in [-0.2, 0) is 16.3 Å². The average Bonchev–Trinajstić information content (AvgIpc) is 3.44. The first kappa shape index (κ1) is 27.7. The topological polar surface area (TPSA) is 178 Å². The molecule has 4 rings (SSSR count). The van der Waals surface area contributed by atoms with Crippen molar-refractivity contribution < 1.29 is 28.2 Å². The van der Waals surface area contributed by atoms with Gasteiger partial charge in [-0.1, -0.05) is 41.0 Å². The summed E-state index contributed by atoms with van der Waals surface area (Å²) in [6.07, 6.45) is -1.94. The first-order valence-electron chi connectivity index (χ1n) is 11.5. The maximum Gasteiger partial charge on any atom is 0.407 e. The lowest BCUT2D eigenvalue weighted by Gasteiger charge is -2.23. The Morgan fingerprint density at radius 3 is 2.28 bits per heavy atom. The molecule has 0 fully saturated rings. The van der Waals surface area contributed by atoms with Crippen LogP contribution in [0.4, 0.5) is 10.7 Å². The minimum atomic E-state index is -3.86. The second-order valence-electron chi connectivity index (χ2n) is 8.41. The van der Waals surface area contributed by atoms with E-state index in [0.717, 1.165) is 4.90 Å². The van der Waals surface area contributed by atoms with Crippen LogP contribution in [0.5, 0.6) is 0 Å². The molecule has 0 spiro atoms. The zero-order valence-corrected chi connectivity index (χ0v) is 21.8. The number of amides is 2. The zero-order valence-electron chi connectivity index (χ0n) is 20.2. The van der Waals surface area contributed by atoms with Gasteiger partial charge < -0.3 is 15.1 Å². The van der Waals surface area contributed by atoms with Crippen LogP contribution in [0, 0.1) is 0 Å². The molecule has 0 radical (unpaired) electrons. The van der Waals surface area contributed by atoms with Gasteiger partial charge in [0.05, 0.1) is 22.4 Å². The summed E-state index contributed by atoms with van der Waals surface area (Å²) in [6.45, 7) is -0.0578. The Labute approximate surface area is 228 Å². The predicted molar refractivity (Wildman–Crippen MR) is 140 cm³/mol. The van der Waals surface area contributed by atoms with Crippen molar-refractivity contribution in [2.24, 2.45) is 0 Å². The number of aromatic nitrogens is 4. The third-order valence-corrected chi connectivity index (χ3v) is 7.82. The molecule has 12 nitrogen and oxygen atoms in total. The first-order chi connectivity index (χ1) is 18.6. The SMILES string of the molecule is O=C(Nc1nn[nH]n1)c1ccc(S(=O)(=O)c2ccc(CCN(C[C@@H](O)c3cccc(Cl)c3)C(=O)O)cc2)cc1. The number of carbonyl (C=O) groups is 2. The second-order valence-corrected chi connectivity index (χ2v) is 10.8. The van der Waals surface area contributed by atoms with Crippen LogP contribution in [0.25, 0.3) is 0 Å². The van der Waals surface area contributed by atoms with Crippen molar-refractivity contribution in [3.8, 4) is 0 Å². The van der Waals surface area contributed by atoms with Crippen LogP contribution in [0.2, 0.25) is 5.02 Å². The second kappa shape index (κ2) is 12.0. The van der Waals surface area contributed by atoms with E-state index in [0.29, 0.717) is 22.6 Å². The Hall–Kier alpha value is -4.33. The van der Waals surface area contributed by atoms with Crippen molar-refractivity contribution in [2.75, 3.05) is 18.4 Å². The smallest absolute Gasteiger partial charge is 0.407 e. The molecule has 0 saturated carbocycles. The van der Waals surface area contributed by atoms with E-state index in [-0.39, 0.29) is 34.4 Å². The highest BCUT2D eigenvalue weighted by Gasteiger charge is 2.20. The molecule has 1 heterocycles. The van der Waals surface area contributed by atoms with Gasteiger partial charge in [-0.25, -0.2) is 13.2 Å². The minimum Gasteiger partial charge on any atom is -0.465 e. The number of aromatic amines is 1. The number of tetrazole rings is 1. The molecule has 202 valence electrons. The molecular formula is C25H23ClN6O6S. The summed E-state index contributed by atoms with van der Waals surface area (Å²) in [7, 11) is -3.86. The van der Waals surface area contributed by atoms with Crippen molar-refractivity contribution in [2.45, 2.75) is 22.3 Å². The maximum atomic E-state index is 13.1. The number of nitrogens with one attached hydrogen (secondary N) is 2. The Morgan fingerprint density at radius 2 is 1.69 bits per heavy atom. The van der Waals surface area contributed by atoms with E-state index in [1.807, 2.05) is 0 Å². The molecule has 0 unspecified atom stereocenters. The standard InChI is InChI=1S/C25H23ClN6O6S/c26-19-3-1-2-18(14-19)22(33)15-32(25(35)36)13-12-16-4-8-20(9-5-16)39(37,38)21-10-6-17(7-11-21)23(34)27-24-28-30-31-29-24/h1-11,14,22,33H,12-13,15H2,(H,35,36)(H2,27,28,29,30,31,34)/t22-/m1/s1. The summed E-state index contributed by atoms with van der Waals surface area (Å²) < 4.78 is 26.1. The molecule has 39 heavy (non-hydrogen) atoms. The number of aliphatic hydroxyl groups is 1. The molecule has 1 aromatic heterocycles. The number of aliphatic hydroxyl groups excluding tert-OH is 1. The lowest BCUT2D eigenvalue weighted by molar-refractivity contribution is 0.0973. The van der Waals surface area contributed by atoms with Gasteiger partial charge in [0.25, 0.3) is 11.9 Å². The van der Waals surface area contributed by atoms with Crippen LogP contribution >= 0.6 is 11.6 Å².